The van der Waals surface area contributed by atoms with Crippen LogP contribution in [0.1, 0.15) is 48.1 Å². The van der Waals surface area contributed by atoms with E-state index in [1.54, 1.807) is 19.2 Å². The summed E-state index contributed by atoms with van der Waals surface area (Å²) in [7, 11) is -3.23. The summed E-state index contributed by atoms with van der Waals surface area (Å²) in [5, 5.41) is 4.59. The Bertz CT molecular complexity index is 1020. The van der Waals surface area contributed by atoms with Crippen molar-refractivity contribution in [3.63, 3.8) is 0 Å². The van der Waals surface area contributed by atoms with Crippen molar-refractivity contribution in [1.29, 1.82) is 0 Å². The van der Waals surface area contributed by atoms with Crippen LogP contribution in [0.5, 0.6) is 0 Å². The molecule has 1 aromatic heterocycles. The molecule has 1 aliphatic heterocycles. The maximum Gasteiger partial charge on any atom is 0.253 e. The third-order valence-electron chi connectivity index (χ3n) is 5.04. The van der Waals surface area contributed by atoms with Crippen LogP contribution in [0, 0.1) is 0 Å². The Morgan fingerprint density at radius 3 is 2.70 bits per heavy atom. The van der Waals surface area contributed by atoms with Crippen LogP contribution in [0.25, 0.3) is 0 Å². The van der Waals surface area contributed by atoms with Crippen LogP contribution < -0.4 is 10.2 Å². The van der Waals surface area contributed by atoms with E-state index in [2.05, 4.69) is 21.3 Å². The number of benzene rings is 1. The summed E-state index contributed by atoms with van der Waals surface area (Å²) < 4.78 is 22.4. The van der Waals surface area contributed by atoms with E-state index in [-0.39, 0.29) is 11.9 Å². The monoisotopic (exact) mass is 447 g/mol. The minimum absolute atomic E-state index is 0.153. The van der Waals surface area contributed by atoms with Crippen molar-refractivity contribution in [3.8, 4) is 0 Å². The lowest BCUT2D eigenvalue weighted by Crippen LogP contribution is -2.34. The number of nitrogens with zero attached hydrogens (tertiary/aromatic N) is 2. The lowest BCUT2D eigenvalue weighted by Gasteiger charge is -2.37. The first-order valence-electron chi connectivity index (χ1n) is 9.91. The van der Waals surface area contributed by atoms with Crippen LogP contribution in [0.15, 0.2) is 54.1 Å². The molecule has 1 aromatic carbocycles. The van der Waals surface area contributed by atoms with Crippen molar-refractivity contribution >= 4 is 33.2 Å². The SMILES string of the molecule is C[C@H](/C=C/S(C)(=O)=O)NC(=O)c1ccc(N2CCCCC2c2ccccc2Cl)nc1. The van der Waals surface area contributed by atoms with Gasteiger partial charge in [0.25, 0.3) is 5.91 Å². The van der Waals surface area contributed by atoms with E-state index in [0.29, 0.717) is 5.56 Å². The van der Waals surface area contributed by atoms with E-state index in [4.69, 9.17) is 11.6 Å². The number of piperidine rings is 1. The summed E-state index contributed by atoms with van der Waals surface area (Å²) in [6.45, 7) is 2.59. The van der Waals surface area contributed by atoms with Gasteiger partial charge < -0.3 is 10.2 Å². The van der Waals surface area contributed by atoms with E-state index in [1.807, 2.05) is 24.3 Å². The summed E-state index contributed by atoms with van der Waals surface area (Å²) in [6, 6.07) is 11.2. The molecule has 0 spiro atoms. The Kier molecular flexibility index (Phi) is 7.15. The first-order chi connectivity index (χ1) is 14.2. The number of pyridine rings is 1. The minimum atomic E-state index is -3.23. The van der Waals surface area contributed by atoms with Crippen LogP contribution in [0.3, 0.4) is 0 Å². The van der Waals surface area contributed by atoms with Gasteiger partial charge in [-0.2, -0.15) is 0 Å². The van der Waals surface area contributed by atoms with Crippen molar-refractivity contribution < 1.29 is 13.2 Å². The van der Waals surface area contributed by atoms with Crippen LogP contribution in [-0.2, 0) is 9.84 Å². The third kappa shape index (κ3) is 5.83. The van der Waals surface area contributed by atoms with Gasteiger partial charge in [-0.3, -0.25) is 4.79 Å². The highest BCUT2D eigenvalue weighted by Crippen LogP contribution is 2.37. The molecule has 1 amide bonds. The highest BCUT2D eigenvalue weighted by atomic mass is 35.5. The summed E-state index contributed by atoms with van der Waals surface area (Å²) in [4.78, 5) is 19.2. The fourth-order valence-electron chi connectivity index (χ4n) is 3.56. The molecule has 0 aliphatic carbocycles. The largest absolute Gasteiger partial charge is 0.350 e. The molecular formula is C22H26ClN3O3S. The number of hydrogen-bond donors (Lipinski definition) is 1. The van der Waals surface area contributed by atoms with E-state index < -0.39 is 15.9 Å². The molecule has 2 atom stereocenters. The lowest BCUT2D eigenvalue weighted by atomic mass is 9.95. The highest BCUT2D eigenvalue weighted by molar-refractivity contribution is 7.93. The van der Waals surface area contributed by atoms with Gasteiger partial charge >= 0.3 is 0 Å². The van der Waals surface area contributed by atoms with E-state index in [0.717, 1.165) is 53.9 Å². The number of carbonyl (C=O) groups excluding carboxylic acids is 1. The van der Waals surface area contributed by atoms with Crippen molar-refractivity contribution in [2.24, 2.45) is 0 Å². The normalized spacial score (nSPS) is 18.4. The molecule has 2 heterocycles. The zero-order chi connectivity index (χ0) is 21.7. The molecular weight excluding hydrogens is 422 g/mol. The molecule has 1 unspecified atom stereocenters. The maximum absolute atomic E-state index is 12.4. The van der Waals surface area contributed by atoms with Gasteiger partial charge in [0, 0.05) is 35.5 Å². The molecule has 0 radical (unpaired) electrons. The van der Waals surface area contributed by atoms with E-state index >= 15 is 0 Å². The van der Waals surface area contributed by atoms with Gasteiger partial charge in [0.1, 0.15) is 5.82 Å². The number of sulfone groups is 1. The number of rotatable bonds is 6. The van der Waals surface area contributed by atoms with Crippen LogP contribution in [0.4, 0.5) is 5.82 Å². The average Bonchev–Trinajstić information content (AvgIpc) is 2.72. The molecule has 1 saturated heterocycles. The Morgan fingerprint density at radius 2 is 2.03 bits per heavy atom. The minimum Gasteiger partial charge on any atom is -0.350 e. The molecule has 1 fully saturated rings. The Hall–Kier alpha value is -2.38. The van der Waals surface area contributed by atoms with Crippen molar-refractivity contribution in [1.82, 2.24) is 10.3 Å². The molecule has 0 bridgehead atoms. The zero-order valence-corrected chi connectivity index (χ0v) is 18.7. The van der Waals surface area contributed by atoms with Crippen LogP contribution >= 0.6 is 11.6 Å². The molecule has 0 saturated carbocycles. The summed E-state index contributed by atoms with van der Waals surface area (Å²) in [6.07, 6.45) is 7.31. The fraction of sp³-hybridized carbons (Fsp3) is 0.364. The van der Waals surface area contributed by atoms with Gasteiger partial charge in [0.2, 0.25) is 0 Å². The van der Waals surface area contributed by atoms with Gasteiger partial charge in [-0.15, -0.1) is 0 Å². The Balaban J connectivity index is 1.73. The molecule has 1 N–H and O–H groups in total. The fourth-order valence-corrected chi connectivity index (χ4v) is 4.35. The highest BCUT2D eigenvalue weighted by Gasteiger charge is 2.26. The van der Waals surface area contributed by atoms with Crippen molar-refractivity contribution in [3.05, 3.63) is 70.2 Å². The molecule has 3 rings (SSSR count). The van der Waals surface area contributed by atoms with E-state index in [1.165, 1.54) is 6.08 Å². The van der Waals surface area contributed by atoms with Gasteiger partial charge in [-0.05, 0) is 49.9 Å². The Labute approximate surface area is 182 Å². The summed E-state index contributed by atoms with van der Waals surface area (Å²) in [5.41, 5.74) is 1.51. The quantitative estimate of drug-likeness (QED) is 0.719. The van der Waals surface area contributed by atoms with Gasteiger partial charge in [0.15, 0.2) is 9.84 Å². The molecule has 8 heteroatoms. The van der Waals surface area contributed by atoms with Gasteiger partial charge in [-0.25, -0.2) is 13.4 Å². The smallest absolute Gasteiger partial charge is 0.253 e. The average molecular weight is 448 g/mol. The Morgan fingerprint density at radius 1 is 1.27 bits per heavy atom. The van der Waals surface area contributed by atoms with Gasteiger partial charge in [-0.1, -0.05) is 35.9 Å². The molecule has 2 aromatic rings. The molecule has 160 valence electrons. The van der Waals surface area contributed by atoms with Crippen LogP contribution in [-0.4, -0.2) is 38.2 Å². The topological polar surface area (TPSA) is 79.4 Å². The summed E-state index contributed by atoms with van der Waals surface area (Å²) >= 11 is 6.44. The second kappa shape index (κ2) is 9.62. The third-order valence-corrected chi connectivity index (χ3v) is 6.04. The predicted octanol–water partition coefficient (Wildman–Crippen LogP) is 4.14. The predicted molar refractivity (Wildman–Crippen MR) is 121 cm³/mol. The molecule has 6 nitrogen and oxygen atoms in total. The first-order valence-corrected chi connectivity index (χ1v) is 12.2. The second-order valence-electron chi connectivity index (χ2n) is 7.55. The zero-order valence-electron chi connectivity index (χ0n) is 17.1. The number of nitrogens with one attached hydrogen (secondary N) is 1. The number of aromatic nitrogens is 1. The van der Waals surface area contributed by atoms with Crippen LogP contribution in [0.2, 0.25) is 5.02 Å². The number of halogens is 1. The first kappa shape index (κ1) is 22.3. The molecule has 1 aliphatic rings. The number of hydrogen-bond acceptors (Lipinski definition) is 5. The lowest BCUT2D eigenvalue weighted by molar-refractivity contribution is 0.0946. The second-order valence-corrected chi connectivity index (χ2v) is 9.89. The number of anilines is 1. The van der Waals surface area contributed by atoms with Crippen molar-refractivity contribution in [2.45, 2.75) is 38.3 Å². The molecule has 30 heavy (non-hydrogen) atoms. The maximum atomic E-state index is 12.4. The number of carbonyl (C=O) groups is 1. The van der Waals surface area contributed by atoms with Crippen molar-refractivity contribution in [2.75, 3.05) is 17.7 Å². The number of amides is 1. The van der Waals surface area contributed by atoms with E-state index in [9.17, 15) is 13.2 Å². The summed E-state index contributed by atoms with van der Waals surface area (Å²) in [5.74, 6) is 0.502. The standard InChI is InChI=1S/C22H26ClN3O3S/c1-16(12-14-30(2,28)29)25-22(27)17-10-11-21(24-15-17)26-13-6-5-9-20(26)18-7-3-4-8-19(18)23/h3-4,7-8,10-12,14-16,20H,5-6,9,13H2,1-2H3,(H,25,27)/b14-12+/t16-,20?/m1/s1. The van der Waals surface area contributed by atoms with Gasteiger partial charge in [0.05, 0.1) is 11.6 Å².